The van der Waals surface area contributed by atoms with Crippen LogP contribution in [0.2, 0.25) is 5.02 Å². The lowest BCUT2D eigenvalue weighted by molar-refractivity contribution is -0.125. The Morgan fingerprint density at radius 2 is 2.13 bits per heavy atom. The second kappa shape index (κ2) is 8.50. The first-order chi connectivity index (χ1) is 11.1. The van der Waals surface area contributed by atoms with Gasteiger partial charge in [0, 0.05) is 5.38 Å². The van der Waals surface area contributed by atoms with Crippen LogP contribution in [0.1, 0.15) is 11.3 Å². The molecule has 1 heterocycles. The van der Waals surface area contributed by atoms with Gasteiger partial charge < -0.3 is 15.4 Å². The number of methoxy groups -OCH3 is 1. The van der Waals surface area contributed by atoms with Crippen LogP contribution < -0.4 is 15.4 Å². The minimum absolute atomic E-state index is 0.0765. The fourth-order valence-electron chi connectivity index (χ4n) is 1.82. The Labute approximate surface area is 142 Å². The maximum Gasteiger partial charge on any atom is 0.239 e. The molecule has 0 saturated carbocycles. The molecule has 0 saturated heterocycles. The highest BCUT2D eigenvalue weighted by molar-refractivity contribution is 7.07. The van der Waals surface area contributed by atoms with Gasteiger partial charge in [-0.3, -0.25) is 9.59 Å². The number of thiazole rings is 1. The Bertz CT molecular complexity index is 677. The number of nitrogens with one attached hydrogen (secondary N) is 2. The van der Waals surface area contributed by atoms with E-state index in [4.69, 9.17) is 16.3 Å². The van der Waals surface area contributed by atoms with Gasteiger partial charge >= 0.3 is 0 Å². The van der Waals surface area contributed by atoms with Crippen LogP contribution in [0.3, 0.4) is 0 Å². The van der Waals surface area contributed by atoms with Gasteiger partial charge in [0.15, 0.2) is 0 Å². The fraction of sp³-hybridized carbons (Fsp3) is 0.267. The molecule has 0 aliphatic heterocycles. The highest BCUT2D eigenvalue weighted by atomic mass is 35.5. The third-order valence-corrected chi connectivity index (χ3v) is 3.91. The standard InChI is InChI=1S/C15H16ClN3O3S/c1-22-13-3-2-10(4-12(13)16)5-14(20)18-7-15(21)17-6-11-8-23-9-19-11/h2-4,8-9H,5-7H2,1H3,(H,17,21)(H,18,20). The summed E-state index contributed by atoms with van der Waals surface area (Å²) in [5, 5.41) is 7.54. The highest BCUT2D eigenvalue weighted by Gasteiger charge is 2.09. The molecule has 8 heteroatoms. The molecule has 0 radical (unpaired) electrons. The molecule has 1 aromatic heterocycles. The second-order valence-corrected chi connectivity index (χ2v) is 5.80. The van der Waals surface area contributed by atoms with Crippen molar-refractivity contribution in [2.24, 2.45) is 0 Å². The van der Waals surface area contributed by atoms with Crippen LogP contribution in [-0.2, 0) is 22.6 Å². The number of amides is 2. The Kier molecular flexibility index (Phi) is 6.37. The van der Waals surface area contributed by atoms with Crippen LogP contribution in [0.5, 0.6) is 5.75 Å². The predicted octanol–water partition coefficient (Wildman–Crippen LogP) is 1.78. The Morgan fingerprint density at radius 1 is 1.30 bits per heavy atom. The number of halogens is 1. The van der Waals surface area contributed by atoms with E-state index in [9.17, 15) is 9.59 Å². The molecule has 0 fully saturated rings. The first kappa shape index (κ1) is 17.2. The van der Waals surface area contributed by atoms with Gasteiger partial charge in [-0.15, -0.1) is 11.3 Å². The number of ether oxygens (including phenoxy) is 1. The molecular weight excluding hydrogens is 338 g/mol. The van der Waals surface area contributed by atoms with E-state index < -0.39 is 0 Å². The SMILES string of the molecule is COc1ccc(CC(=O)NCC(=O)NCc2cscn2)cc1Cl. The molecule has 0 spiro atoms. The molecule has 6 nitrogen and oxygen atoms in total. The monoisotopic (exact) mass is 353 g/mol. The first-order valence-corrected chi connectivity index (χ1v) is 8.13. The summed E-state index contributed by atoms with van der Waals surface area (Å²) in [5.41, 5.74) is 3.24. The van der Waals surface area contributed by atoms with Gasteiger partial charge in [0.2, 0.25) is 11.8 Å². The summed E-state index contributed by atoms with van der Waals surface area (Å²) >= 11 is 7.47. The van der Waals surface area contributed by atoms with Crippen molar-refractivity contribution in [3.63, 3.8) is 0 Å². The lowest BCUT2D eigenvalue weighted by atomic mass is 10.1. The number of aromatic nitrogens is 1. The topological polar surface area (TPSA) is 80.3 Å². The number of hydrogen-bond acceptors (Lipinski definition) is 5. The van der Waals surface area contributed by atoms with Gasteiger partial charge in [-0.05, 0) is 17.7 Å². The van der Waals surface area contributed by atoms with Gasteiger partial charge in [-0.25, -0.2) is 4.98 Å². The van der Waals surface area contributed by atoms with E-state index in [0.717, 1.165) is 11.3 Å². The van der Waals surface area contributed by atoms with Gasteiger partial charge in [0.1, 0.15) is 5.75 Å². The lowest BCUT2D eigenvalue weighted by Gasteiger charge is -2.08. The number of carbonyl (C=O) groups is 2. The van der Waals surface area contributed by atoms with E-state index in [1.807, 2.05) is 5.38 Å². The first-order valence-electron chi connectivity index (χ1n) is 6.81. The van der Waals surface area contributed by atoms with Crippen LogP contribution in [0.25, 0.3) is 0 Å². The minimum Gasteiger partial charge on any atom is -0.495 e. The number of nitrogens with zero attached hydrogens (tertiary/aromatic N) is 1. The van der Waals surface area contributed by atoms with Crippen molar-refractivity contribution in [1.29, 1.82) is 0 Å². The Balaban J connectivity index is 1.74. The molecule has 0 atom stereocenters. The number of carbonyl (C=O) groups excluding carboxylic acids is 2. The molecule has 0 aliphatic rings. The van der Waals surface area contributed by atoms with E-state index in [0.29, 0.717) is 17.3 Å². The molecule has 1 aromatic carbocycles. The molecule has 122 valence electrons. The molecule has 2 N–H and O–H groups in total. The van der Waals surface area contributed by atoms with Crippen molar-refractivity contribution in [2.45, 2.75) is 13.0 Å². The summed E-state index contributed by atoms with van der Waals surface area (Å²) in [4.78, 5) is 27.5. The van der Waals surface area contributed by atoms with Crippen molar-refractivity contribution in [1.82, 2.24) is 15.6 Å². The third kappa shape index (κ3) is 5.54. The van der Waals surface area contributed by atoms with E-state index in [1.165, 1.54) is 18.4 Å². The Morgan fingerprint density at radius 3 is 2.78 bits per heavy atom. The molecule has 0 aliphatic carbocycles. The summed E-state index contributed by atoms with van der Waals surface area (Å²) in [6.07, 6.45) is 0.142. The van der Waals surface area contributed by atoms with E-state index in [-0.39, 0.29) is 24.8 Å². The van der Waals surface area contributed by atoms with Crippen molar-refractivity contribution < 1.29 is 14.3 Å². The van der Waals surface area contributed by atoms with Crippen LogP contribution >= 0.6 is 22.9 Å². The van der Waals surface area contributed by atoms with Crippen LogP contribution in [0.4, 0.5) is 0 Å². The van der Waals surface area contributed by atoms with E-state index in [1.54, 1.807) is 23.7 Å². The molecule has 23 heavy (non-hydrogen) atoms. The number of rotatable bonds is 7. The second-order valence-electron chi connectivity index (χ2n) is 4.68. The maximum atomic E-state index is 11.8. The average molecular weight is 354 g/mol. The largest absolute Gasteiger partial charge is 0.495 e. The third-order valence-electron chi connectivity index (χ3n) is 2.98. The molecule has 2 aromatic rings. The van der Waals surface area contributed by atoms with Crippen LogP contribution in [0.15, 0.2) is 29.1 Å². The maximum absolute atomic E-state index is 11.8. The normalized spacial score (nSPS) is 10.2. The molecule has 2 amide bonds. The zero-order chi connectivity index (χ0) is 16.7. The quantitative estimate of drug-likeness (QED) is 0.795. The van der Waals surface area contributed by atoms with Gasteiger partial charge in [-0.2, -0.15) is 0 Å². The fourth-order valence-corrected chi connectivity index (χ4v) is 2.66. The highest BCUT2D eigenvalue weighted by Crippen LogP contribution is 2.24. The van der Waals surface area contributed by atoms with Crippen molar-refractivity contribution in [2.75, 3.05) is 13.7 Å². The number of hydrogen-bond donors (Lipinski definition) is 2. The summed E-state index contributed by atoms with van der Waals surface area (Å²) in [6.45, 7) is 0.277. The summed E-state index contributed by atoms with van der Waals surface area (Å²) in [7, 11) is 1.53. The zero-order valence-corrected chi connectivity index (χ0v) is 14.0. The smallest absolute Gasteiger partial charge is 0.239 e. The summed E-state index contributed by atoms with van der Waals surface area (Å²) < 4.78 is 5.05. The molecule has 0 unspecified atom stereocenters. The minimum atomic E-state index is -0.265. The molecule has 0 bridgehead atoms. The van der Waals surface area contributed by atoms with Crippen LogP contribution in [0, 0.1) is 0 Å². The average Bonchev–Trinajstić information content (AvgIpc) is 3.04. The van der Waals surface area contributed by atoms with E-state index in [2.05, 4.69) is 15.6 Å². The lowest BCUT2D eigenvalue weighted by Crippen LogP contribution is -2.37. The van der Waals surface area contributed by atoms with Crippen molar-refractivity contribution >= 4 is 34.8 Å². The summed E-state index contributed by atoms with van der Waals surface area (Å²) in [6, 6.07) is 5.13. The summed E-state index contributed by atoms with van der Waals surface area (Å²) in [5.74, 6) is 0.0337. The van der Waals surface area contributed by atoms with E-state index >= 15 is 0 Å². The molecular formula is C15H16ClN3O3S. The van der Waals surface area contributed by atoms with Crippen molar-refractivity contribution in [3.05, 3.63) is 45.4 Å². The number of benzene rings is 1. The van der Waals surface area contributed by atoms with Gasteiger partial charge in [0.05, 0.1) is 42.8 Å². The molecule has 2 rings (SSSR count). The van der Waals surface area contributed by atoms with Gasteiger partial charge in [-0.1, -0.05) is 17.7 Å². The van der Waals surface area contributed by atoms with Crippen molar-refractivity contribution in [3.8, 4) is 5.75 Å². The van der Waals surface area contributed by atoms with Crippen LogP contribution in [-0.4, -0.2) is 30.5 Å². The Hall–Kier alpha value is -2.12. The van der Waals surface area contributed by atoms with Gasteiger partial charge in [0.25, 0.3) is 0 Å². The zero-order valence-electron chi connectivity index (χ0n) is 12.5. The predicted molar refractivity (Wildman–Crippen MR) is 88.7 cm³/mol.